The summed E-state index contributed by atoms with van der Waals surface area (Å²) in [6.45, 7) is 8.35. The number of nitrogens with zero attached hydrogens (tertiary/aromatic N) is 2. The van der Waals surface area contributed by atoms with E-state index < -0.39 is 17.7 Å². The van der Waals surface area contributed by atoms with E-state index in [0.29, 0.717) is 49.2 Å². The lowest BCUT2D eigenvalue weighted by Gasteiger charge is -2.26. The predicted molar refractivity (Wildman–Crippen MR) is 137 cm³/mol. The Balaban J connectivity index is 1.99. The second-order valence-corrected chi connectivity index (χ2v) is 9.38. The number of aliphatic hydroxyl groups excluding tert-OH is 1. The van der Waals surface area contributed by atoms with Gasteiger partial charge in [-0.05, 0) is 81.9 Å². The van der Waals surface area contributed by atoms with Gasteiger partial charge in [0.15, 0.2) is 0 Å². The van der Waals surface area contributed by atoms with Crippen molar-refractivity contribution < 1.29 is 24.2 Å². The number of amides is 1. The Labute approximate surface area is 207 Å². The van der Waals surface area contributed by atoms with Crippen LogP contribution >= 0.6 is 0 Å². The van der Waals surface area contributed by atoms with Gasteiger partial charge in [0.2, 0.25) is 0 Å². The highest BCUT2D eigenvalue weighted by Gasteiger charge is 2.45. The number of hydrogen-bond donors (Lipinski definition) is 1. The second kappa shape index (κ2) is 11.9. The van der Waals surface area contributed by atoms with Crippen LogP contribution in [-0.2, 0) is 9.59 Å². The van der Waals surface area contributed by atoms with E-state index in [2.05, 4.69) is 13.8 Å². The normalized spacial score (nSPS) is 17.5. The maximum absolute atomic E-state index is 13.2. The van der Waals surface area contributed by atoms with Gasteiger partial charge in [0.1, 0.15) is 17.3 Å². The van der Waals surface area contributed by atoms with Crippen LogP contribution in [0.5, 0.6) is 11.5 Å². The molecular weight excluding hydrogens is 444 g/mol. The summed E-state index contributed by atoms with van der Waals surface area (Å²) in [5, 5.41) is 11.2. The van der Waals surface area contributed by atoms with E-state index in [4.69, 9.17) is 9.47 Å². The van der Waals surface area contributed by atoms with Gasteiger partial charge in [-0.2, -0.15) is 0 Å². The first-order valence-electron chi connectivity index (χ1n) is 12.1. The van der Waals surface area contributed by atoms with Gasteiger partial charge in [0, 0.05) is 12.1 Å². The first-order valence-corrected chi connectivity index (χ1v) is 12.1. The third kappa shape index (κ3) is 6.42. The summed E-state index contributed by atoms with van der Waals surface area (Å²) in [5.74, 6) is 0.320. The summed E-state index contributed by atoms with van der Waals surface area (Å²) in [6.07, 6.45) is 0.704. The first-order chi connectivity index (χ1) is 16.7. The van der Waals surface area contributed by atoms with E-state index in [0.717, 1.165) is 12.1 Å². The van der Waals surface area contributed by atoms with Crippen molar-refractivity contribution in [2.75, 3.05) is 40.4 Å². The zero-order valence-corrected chi connectivity index (χ0v) is 21.3. The minimum absolute atomic E-state index is 0.0971. The van der Waals surface area contributed by atoms with Crippen LogP contribution in [0.25, 0.3) is 5.76 Å². The maximum atomic E-state index is 13.2. The lowest BCUT2D eigenvalue weighted by molar-refractivity contribution is -0.139. The number of Topliss-reactive ketones (excluding diaryl/α,β-unsaturated/α-hetero) is 1. The molecule has 1 aliphatic heterocycles. The molecule has 7 heteroatoms. The van der Waals surface area contributed by atoms with Crippen LogP contribution in [0, 0.1) is 5.92 Å². The van der Waals surface area contributed by atoms with Crippen LogP contribution in [0.4, 0.5) is 0 Å². The Hall–Kier alpha value is -3.32. The average Bonchev–Trinajstić information content (AvgIpc) is 3.08. The fraction of sp³-hybridized carbons (Fsp3) is 0.429. The van der Waals surface area contributed by atoms with Crippen molar-refractivity contribution in [3.8, 4) is 11.5 Å². The zero-order valence-electron chi connectivity index (χ0n) is 21.3. The number of hydrogen-bond acceptors (Lipinski definition) is 6. The summed E-state index contributed by atoms with van der Waals surface area (Å²) < 4.78 is 11.3. The summed E-state index contributed by atoms with van der Waals surface area (Å²) >= 11 is 0. The molecule has 1 aliphatic rings. The van der Waals surface area contributed by atoms with E-state index in [-0.39, 0.29) is 11.3 Å². The number of ketones is 1. The van der Waals surface area contributed by atoms with E-state index in [1.54, 1.807) is 29.2 Å². The van der Waals surface area contributed by atoms with Gasteiger partial charge in [-0.1, -0.05) is 26.0 Å². The maximum Gasteiger partial charge on any atom is 0.295 e. The Morgan fingerprint density at radius 3 is 2.17 bits per heavy atom. The Kier molecular flexibility index (Phi) is 8.93. The third-order valence-electron chi connectivity index (χ3n) is 5.76. The predicted octanol–water partition coefficient (Wildman–Crippen LogP) is 4.49. The first kappa shape index (κ1) is 26.3. The molecule has 1 saturated heterocycles. The number of rotatable bonds is 11. The molecule has 35 heavy (non-hydrogen) atoms. The van der Waals surface area contributed by atoms with Gasteiger partial charge in [0.05, 0.1) is 24.8 Å². The van der Waals surface area contributed by atoms with Crippen molar-refractivity contribution in [3.05, 3.63) is 65.2 Å². The van der Waals surface area contributed by atoms with Gasteiger partial charge >= 0.3 is 0 Å². The average molecular weight is 481 g/mol. The van der Waals surface area contributed by atoms with Gasteiger partial charge in [-0.3, -0.25) is 9.59 Å². The molecule has 1 heterocycles. The van der Waals surface area contributed by atoms with E-state index in [1.807, 2.05) is 50.2 Å². The topological polar surface area (TPSA) is 79.3 Å². The minimum atomic E-state index is -0.676. The Morgan fingerprint density at radius 2 is 1.60 bits per heavy atom. The van der Waals surface area contributed by atoms with Crippen molar-refractivity contribution in [2.24, 2.45) is 5.92 Å². The van der Waals surface area contributed by atoms with Gasteiger partial charge in [0.25, 0.3) is 11.7 Å². The van der Waals surface area contributed by atoms with Crippen molar-refractivity contribution in [2.45, 2.75) is 33.2 Å². The van der Waals surface area contributed by atoms with Crippen LogP contribution < -0.4 is 9.47 Å². The van der Waals surface area contributed by atoms with Crippen LogP contribution in [0.1, 0.15) is 44.4 Å². The van der Waals surface area contributed by atoms with Gasteiger partial charge in [-0.15, -0.1) is 0 Å². The molecule has 0 bridgehead atoms. The van der Waals surface area contributed by atoms with Crippen molar-refractivity contribution >= 4 is 17.4 Å². The Morgan fingerprint density at radius 1 is 1.00 bits per heavy atom. The molecule has 2 aromatic carbocycles. The number of carbonyl (C=O) groups is 2. The monoisotopic (exact) mass is 480 g/mol. The number of ether oxygens (including phenoxy) is 2. The van der Waals surface area contributed by atoms with Crippen LogP contribution in [0.2, 0.25) is 0 Å². The summed E-state index contributed by atoms with van der Waals surface area (Å²) in [5.41, 5.74) is 1.31. The standard InChI is InChI=1S/C28H36N2O5/c1-6-34-22-12-8-20(9-13-22)25-24(27(32)28(33)30(25)17-7-16-29(4)5)26(31)21-10-14-23(15-11-21)35-18-19(2)3/h8-15,19,25,31H,6-7,16-18H2,1-5H3/t25-/m1/s1. The molecule has 1 N–H and O–H groups in total. The molecule has 2 aromatic rings. The molecule has 0 saturated carbocycles. The fourth-order valence-electron chi connectivity index (χ4n) is 4.05. The van der Waals surface area contributed by atoms with Gasteiger partial charge < -0.3 is 24.4 Å². The number of carbonyl (C=O) groups excluding carboxylic acids is 2. The fourth-order valence-corrected chi connectivity index (χ4v) is 4.05. The van der Waals surface area contributed by atoms with Crippen LogP contribution in [-0.4, -0.2) is 67.0 Å². The molecule has 0 spiro atoms. The zero-order chi connectivity index (χ0) is 25.5. The van der Waals surface area contributed by atoms with Gasteiger partial charge in [-0.25, -0.2) is 0 Å². The van der Waals surface area contributed by atoms with Crippen LogP contribution in [0.15, 0.2) is 54.1 Å². The SMILES string of the molecule is CCOc1ccc([C@@H]2C(=C(O)c3ccc(OCC(C)C)cc3)C(=O)C(=O)N2CCCN(C)C)cc1. The minimum Gasteiger partial charge on any atom is -0.507 e. The third-order valence-corrected chi connectivity index (χ3v) is 5.76. The van der Waals surface area contributed by atoms with E-state index in [9.17, 15) is 14.7 Å². The molecule has 1 atom stereocenters. The van der Waals surface area contributed by atoms with Crippen molar-refractivity contribution in [1.82, 2.24) is 9.80 Å². The smallest absolute Gasteiger partial charge is 0.295 e. The Bertz CT molecular complexity index is 1040. The highest BCUT2D eigenvalue weighted by atomic mass is 16.5. The van der Waals surface area contributed by atoms with E-state index >= 15 is 0 Å². The molecule has 0 unspecified atom stereocenters. The lowest BCUT2D eigenvalue weighted by atomic mass is 9.95. The van der Waals surface area contributed by atoms with E-state index in [1.165, 1.54) is 0 Å². The summed E-state index contributed by atoms with van der Waals surface area (Å²) in [6, 6.07) is 13.6. The largest absolute Gasteiger partial charge is 0.507 e. The molecule has 0 aromatic heterocycles. The molecule has 188 valence electrons. The summed E-state index contributed by atoms with van der Waals surface area (Å²) in [7, 11) is 3.93. The highest BCUT2D eigenvalue weighted by molar-refractivity contribution is 6.46. The second-order valence-electron chi connectivity index (χ2n) is 9.38. The molecule has 1 amide bonds. The molecule has 0 aliphatic carbocycles. The summed E-state index contributed by atoms with van der Waals surface area (Å²) in [4.78, 5) is 29.8. The van der Waals surface area contributed by atoms with Crippen molar-refractivity contribution in [1.29, 1.82) is 0 Å². The molecule has 7 nitrogen and oxygen atoms in total. The van der Waals surface area contributed by atoms with Crippen molar-refractivity contribution in [3.63, 3.8) is 0 Å². The lowest BCUT2D eigenvalue weighted by Crippen LogP contribution is -2.32. The molecular formula is C28H36N2O5. The number of likely N-dealkylation sites (tertiary alicyclic amines) is 1. The molecule has 1 fully saturated rings. The highest BCUT2D eigenvalue weighted by Crippen LogP contribution is 2.40. The van der Waals surface area contributed by atoms with Crippen LogP contribution in [0.3, 0.4) is 0 Å². The molecule has 0 radical (unpaired) electrons. The number of aliphatic hydroxyl groups is 1. The molecule has 3 rings (SSSR count). The number of benzene rings is 2. The quantitative estimate of drug-likeness (QED) is 0.290.